The molecule has 5 heterocycles. The molecule has 0 aromatic heterocycles. The van der Waals surface area contributed by atoms with Crippen molar-refractivity contribution in [1.82, 2.24) is 0 Å². The first kappa shape index (κ1) is 41.1. The predicted molar refractivity (Wildman–Crippen MR) is 200 cm³/mol. The highest BCUT2D eigenvalue weighted by Crippen LogP contribution is 2.53. The SMILES string of the molecule is C[C@@H]1O[C@H]2O[C@H]3[C@H](C[C@H](c4ccc5c(c4O)C(=O)C4=C(C5=O)[C@@]5(O)C(=O)C[C@](C)(O[C@H]6CC[C@H](O[C@H]7CC[C@H](O)[C@H](C)O7)[C@H](C)O6)C[C@@]5(O)C=C4)O[C@@H]3C)O[C@H]2CC1=O. The van der Waals surface area contributed by atoms with E-state index >= 15 is 0 Å². The first-order valence-electron chi connectivity index (χ1n) is 20.7. The fraction of sp³-hybridized carbons (Fsp3) is 0.674. The first-order valence-corrected chi connectivity index (χ1v) is 20.7. The van der Waals surface area contributed by atoms with E-state index < -0.39 is 120 Å². The number of aromatic hydroxyl groups is 1. The number of hydrogen-bond acceptors (Lipinski definition) is 16. The molecule has 59 heavy (non-hydrogen) atoms. The van der Waals surface area contributed by atoms with Crippen molar-refractivity contribution in [3.8, 4) is 5.75 Å². The maximum absolute atomic E-state index is 14.4. The van der Waals surface area contributed by atoms with Gasteiger partial charge in [-0.15, -0.1) is 0 Å². The Hall–Kier alpha value is -3.26. The molecule has 8 aliphatic rings. The van der Waals surface area contributed by atoms with Crippen LogP contribution in [0.25, 0.3) is 0 Å². The number of ether oxygens (including phenoxy) is 8. The van der Waals surface area contributed by atoms with Crippen LogP contribution in [0.2, 0.25) is 0 Å². The third kappa shape index (κ3) is 6.70. The number of phenolic OH excluding ortho intramolecular Hbond substituents is 1. The summed E-state index contributed by atoms with van der Waals surface area (Å²) in [6.07, 6.45) is -3.16. The second kappa shape index (κ2) is 14.7. The number of allylic oxidation sites excluding steroid dienone is 2. The van der Waals surface area contributed by atoms with E-state index in [4.69, 9.17) is 37.9 Å². The molecule has 6 fully saturated rings. The zero-order valence-electron chi connectivity index (χ0n) is 33.7. The Bertz CT molecular complexity index is 2010. The molecular weight excluding hydrogens is 772 g/mol. The van der Waals surface area contributed by atoms with Crippen molar-refractivity contribution in [2.24, 2.45) is 0 Å². The summed E-state index contributed by atoms with van der Waals surface area (Å²) in [4.78, 5) is 55.2. The number of ketones is 4. The molecule has 1 aromatic carbocycles. The molecule has 0 bridgehead atoms. The molecule has 0 unspecified atom stereocenters. The molecule has 16 atom stereocenters. The van der Waals surface area contributed by atoms with Gasteiger partial charge in [0.05, 0.1) is 59.5 Å². The van der Waals surface area contributed by atoms with Crippen LogP contribution in [-0.2, 0) is 47.5 Å². The van der Waals surface area contributed by atoms with E-state index in [2.05, 4.69) is 0 Å². The third-order valence-corrected chi connectivity index (χ3v) is 13.6. The average Bonchev–Trinajstić information content (AvgIpc) is 3.16. The Kier molecular flexibility index (Phi) is 10.2. The molecule has 1 aromatic rings. The van der Waals surface area contributed by atoms with Crippen molar-refractivity contribution in [3.63, 3.8) is 0 Å². The number of aliphatic hydroxyl groups excluding tert-OH is 1. The van der Waals surface area contributed by atoms with Crippen molar-refractivity contribution in [2.75, 3.05) is 0 Å². The summed E-state index contributed by atoms with van der Waals surface area (Å²) in [5, 5.41) is 46.1. The molecule has 4 N–H and O–H groups in total. The van der Waals surface area contributed by atoms with E-state index in [1.807, 2.05) is 6.92 Å². The lowest BCUT2D eigenvalue weighted by atomic mass is 9.57. The van der Waals surface area contributed by atoms with Crippen LogP contribution in [0, 0.1) is 0 Å². The largest absolute Gasteiger partial charge is 0.507 e. The van der Waals surface area contributed by atoms with Crippen LogP contribution < -0.4 is 0 Å². The lowest BCUT2D eigenvalue weighted by molar-refractivity contribution is -0.347. The average molecular weight is 825 g/mol. The Morgan fingerprint density at radius 2 is 1.56 bits per heavy atom. The zero-order valence-corrected chi connectivity index (χ0v) is 33.7. The quantitative estimate of drug-likeness (QED) is 0.335. The molecule has 5 aliphatic heterocycles. The lowest BCUT2D eigenvalue weighted by Gasteiger charge is -2.53. The molecule has 320 valence electrons. The van der Waals surface area contributed by atoms with Crippen molar-refractivity contribution >= 4 is 23.1 Å². The van der Waals surface area contributed by atoms with E-state index in [9.17, 15) is 39.6 Å². The Morgan fingerprint density at radius 3 is 2.31 bits per heavy atom. The van der Waals surface area contributed by atoms with E-state index in [1.54, 1.807) is 27.7 Å². The topological polar surface area (TPSA) is 223 Å². The van der Waals surface area contributed by atoms with Gasteiger partial charge in [-0.1, -0.05) is 12.1 Å². The van der Waals surface area contributed by atoms with E-state index in [1.165, 1.54) is 18.2 Å². The standard InChI is InChI=1S/C43H52O16/c1-18-25(44)8-10-32(53-18)57-27-9-11-33(54-20(27)3)59-41(5)16-31(46)43(51)35-24(12-13-42(43,50)17-41)37(48)34-23(38(35)49)7-6-22(36(34)47)28-15-29-39(21(4)52-28)58-40-30(56-29)14-26(45)19(2)55-40/h6-7,12-13,18-21,25,27-30,32-33,39-40,44,47,50-51H,8-11,14-17H2,1-5H3/t18-,19-,20-,21+,25-,27-,28+,29-,30-,32-,33-,39+,40-,41-,42-,43-/m0/s1. The number of rotatable bonds is 5. The fourth-order valence-corrected chi connectivity index (χ4v) is 10.4. The lowest BCUT2D eigenvalue weighted by Crippen LogP contribution is -2.69. The van der Waals surface area contributed by atoms with Gasteiger partial charge < -0.3 is 58.3 Å². The van der Waals surface area contributed by atoms with Gasteiger partial charge in [-0.05, 0) is 59.6 Å². The summed E-state index contributed by atoms with van der Waals surface area (Å²) >= 11 is 0. The van der Waals surface area contributed by atoms with Gasteiger partial charge in [-0.3, -0.25) is 19.2 Å². The normalized spacial score (nSPS) is 45.9. The van der Waals surface area contributed by atoms with Crippen molar-refractivity contribution < 1.29 is 77.5 Å². The first-order chi connectivity index (χ1) is 27.9. The van der Waals surface area contributed by atoms with Gasteiger partial charge in [-0.25, -0.2) is 0 Å². The number of fused-ring (bicyclic) bond motifs is 5. The Labute approximate surface area is 340 Å². The maximum atomic E-state index is 14.4. The monoisotopic (exact) mass is 824 g/mol. The summed E-state index contributed by atoms with van der Waals surface area (Å²) in [6.45, 7) is 8.72. The predicted octanol–water partition coefficient (Wildman–Crippen LogP) is 2.74. The minimum atomic E-state index is -2.79. The van der Waals surface area contributed by atoms with Crippen LogP contribution in [0.3, 0.4) is 0 Å². The van der Waals surface area contributed by atoms with Crippen LogP contribution >= 0.6 is 0 Å². The third-order valence-electron chi connectivity index (χ3n) is 13.6. The number of carbonyl (C=O) groups excluding carboxylic acids is 4. The Balaban J connectivity index is 0.907. The molecule has 5 saturated heterocycles. The van der Waals surface area contributed by atoms with E-state index in [-0.39, 0.29) is 59.5 Å². The zero-order chi connectivity index (χ0) is 41.9. The molecule has 0 amide bonds. The summed E-state index contributed by atoms with van der Waals surface area (Å²) < 4.78 is 49.0. The Morgan fingerprint density at radius 1 is 0.814 bits per heavy atom. The van der Waals surface area contributed by atoms with Gasteiger partial charge in [0.15, 0.2) is 47.6 Å². The van der Waals surface area contributed by atoms with Crippen molar-refractivity contribution in [1.29, 1.82) is 0 Å². The molecular formula is C43H52O16. The second-order valence-corrected chi connectivity index (χ2v) is 17.8. The molecule has 9 rings (SSSR count). The van der Waals surface area contributed by atoms with Crippen LogP contribution in [-0.4, -0.2) is 134 Å². The van der Waals surface area contributed by atoms with Gasteiger partial charge in [0.2, 0.25) is 0 Å². The number of benzene rings is 1. The smallest absolute Gasteiger partial charge is 0.198 e. The number of aliphatic hydroxyl groups is 3. The number of phenols is 1. The summed E-state index contributed by atoms with van der Waals surface area (Å²) in [7, 11) is 0. The molecule has 16 nitrogen and oxygen atoms in total. The fourth-order valence-electron chi connectivity index (χ4n) is 10.4. The van der Waals surface area contributed by atoms with Gasteiger partial charge >= 0.3 is 0 Å². The molecule has 16 heteroatoms. The highest BCUT2D eigenvalue weighted by molar-refractivity contribution is 6.32. The second-order valence-electron chi connectivity index (χ2n) is 17.8. The van der Waals surface area contributed by atoms with E-state index in [0.717, 1.165) is 6.08 Å². The molecule has 0 spiro atoms. The van der Waals surface area contributed by atoms with Crippen molar-refractivity contribution in [2.45, 2.75) is 183 Å². The molecule has 0 radical (unpaired) electrons. The van der Waals surface area contributed by atoms with E-state index in [0.29, 0.717) is 25.7 Å². The minimum absolute atomic E-state index is 0.0980. The summed E-state index contributed by atoms with van der Waals surface area (Å²) in [6, 6.07) is 2.81. The van der Waals surface area contributed by atoms with Gasteiger partial charge in [0.1, 0.15) is 29.7 Å². The summed E-state index contributed by atoms with van der Waals surface area (Å²) in [5.74, 6) is -3.20. The number of hydrogen-bond donors (Lipinski definition) is 4. The summed E-state index contributed by atoms with van der Waals surface area (Å²) in [5.41, 5.74) is -7.67. The maximum Gasteiger partial charge on any atom is 0.198 e. The van der Waals surface area contributed by atoms with Crippen LogP contribution in [0.1, 0.15) is 118 Å². The highest BCUT2D eigenvalue weighted by Gasteiger charge is 2.67. The van der Waals surface area contributed by atoms with Crippen LogP contribution in [0.4, 0.5) is 0 Å². The number of carbonyl (C=O) groups is 4. The van der Waals surface area contributed by atoms with Gasteiger partial charge in [-0.2, -0.15) is 0 Å². The van der Waals surface area contributed by atoms with Gasteiger partial charge in [0.25, 0.3) is 0 Å². The van der Waals surface area contributed by atoms with Crippen molar-refractivity contribution in [3.05, 3.63) is 52.1 Å². The van der Waals surface area contributed by atoms with Crippen LogP contribution in [0.15, 0.2) is 35.4 Å². The van der Waals surface area contributed by atoms with Crippen LogP contribution in [0.5, 0.6) is 5.75 Å². The minimum Gasteiger partial charge on any atom is -0.507 e. The van der Waals surface area contributed by atoms with Gasteiger partial charge in [0, 0.05) is 55.2 Å². The molecule has 1 saturated carbocycles. The molecule has 3 aliphatic carbocycles. The highest BCUT2D eigenvalue weighted by atomic mass is 16.7. The number of Topliss-reactive ketones (excluding diaryl/α,β-unsaturated/α-hetero) is 4.